The molecule has 4 rings (SSSR count). The lowest BCUT2D eigenvalue weighted by Crippen LogP contribution is -2.34. The molecule has 3 unspecified atom stereocenters. The van der Waals surface area contributed by atoms with E-state index in [9.17, 15) is 5.11 Å². The van der Waals surface area contributed by atoms with Crippen molar-refractivity contribution >= 4 is 0 Å². The Labute approximate surface area is 142 Å². The first-order valence-electron chi connectivity index (χ1n) is 8.67. The van der Waals surface area contributed by atoms with Gasteiger partial charge in [0.1, 0.15) is 0 Å². The molecule has 0 saturated carbocycles. The van der Waals surface area contributed by atoms with Gasteiger partial charge in [-0.2, -0.15) is 0 Å². The highest BCUT2D eigenvalue weighted by molar-refractivity contribution is 5.45. The van der Waals surface area contributed by atoms with Crippen molar-refractivity contribution in [3.63, 3.8) is 0 Å². The number of aliphatic hydroxyl groups excluding tert-OH is 1. The zero-order valence-electron chi connectivity index (χ0n) is 13.7. The van der Waals surface area contributed by atoms with Gasteiger partial charge in [0.15, 0.2) is 11.5 Å². The van der Waals surface area contributed by atoms with Gasteiger partial charge >= 0.3 is 0 Å². The van der Waals surface area contributed by atoms with Crippen LogP contribution in [0.1, 0.15) is 36.5 Å². The Morgan fingerprint density at radius 3 is 2.75 bits per heavy atom. The predicted molar refractivity (Wildman–Crippen MR) is 92.2 cm³/mol. The molecule has 1 saturated heterocycles. The van der Waals surface area contributed by atoms with Crippen LogP contribution < -0.4 is 14.8 Å². The number of benzene rings is 2. The van der Waals surface area contributed by atoms with E-state index >= 15 is 0 Å². The minimum absolute atomic E-state index is 0.103. The maximum absolute atomic E-state index is 10.7. The van der Waals surface area contributed by atoms with Gasteiger partial charge in [0, 0.05) is 12.1 Å². The predicted octanol–water partition coefficient (Wildman–Crippen LogP) is 3.20. The quantitative estimate of drug-likeness (QED) is 0.886. The third-order valence-electron chi connectivity index (χ3n) is 5.02. The Morgan fingerprint density at radius 1 is 1.04 bits per heavy atom. The van der Waals surface area contributed by atoms with Gasteiger partial charge in [0.05, 0.1) is 6.10 Å². The van der Waals surface area contributed by atoms with Crippen molar-refractivity contribution in [2.75, 3.05) is 6.79 Å². The molecule has 0 bridgehead atoms. The fraction of sp³-hybridized carbons (Fsp3) is 0.400. The molecule has 2 N–H and O–H groups in total. The van der Waals surface area contributed by atoms with E-state index in [1.807, 2.05) is 18.2 Å². The summed E-state index contributed by atoms with van der Waals surface area (Å²) < 4.78 is 10.7. The second-order valence-electron chi connectivity index (χ2n) is 6.63. The zero-order valence-corrected chi connectivity index (χ0v) is 13.7. The molecule has 126 valence electrons. The van der Waals surface area contributed by atoms with E-state index in [-0.39, 0.29) is 12.8 Å². The standard InChI is InChI=1S/C20H23NO3/c22-20(15-7-11-18-19(12-15)24-13-23-18)17-10-9-16(21-17)8-6-14-4-2-1-3-5-14/h1-5,7,11-12,16-17,20-22H,6,8-10,13H2. The van der Waals surface area contributed by atoms with Crippen molar-refractivity contribution < 1.29 is 14.6 Å². The van der Waals surface area contributed by atoms with E-state index < -0.39 is 6.10 Å². The summed E-state index contributed by atoms with van der Waals surface area (Å²) in [7, 11) is 0. The average molecular weight is 325 g/mol. The zero-order chi connectivity index (χ0) is 16.4. The highest BCUT2D eigenvalue weighted by Crippen LogP contribution is 2.36. The van der Waals surface area contributed by atoms with Crippen molar-refractivity contribution in [1.29, 1.82) is 0 Å². The number of ether oxygens (including phenoxy) is 2. The lowest BCUT2D eigenvalue weighted by molar-refractivity contribution is 0.134. The normalized spacial score (nSPS) is 23.4. The number of aryl methyl sites for hydroxylation is 1. The van der Waals surface area contributed by atoms with Crippen molar-refractivity contribution in [1.82, 2.24) is 5.32 Å². The van der Waals surface area contributed by atoms with Crippen LogP contribution in [-0.4, -0.2) is 24.0 Å². The molecule has 4 heteroatoms. The Balaban J connectivity index is 1.34. The minimum atomic E-state index is -0.513. The van der Waals surface area contributed by atoms with Gasteiger partial charge in [0.25, 0.3) is 0 Å². The molecule has 4 nitrogen and oxygen atoms in total. The number of rotatable bonds is 5. The van der Waals surface area contributed by atoms with Gasteiger partial charge in [0.2, 0.25) is 6.79 Å². The molecule has 2 heterocycles. The SMILES string of the molecule is OC(c1ccc2c(c1)OCO2)C1CCC(CCc2ccccc2)N1. The van der Waals surface area contributed by atoms with Crippen LogP contribution in [0.5, 0.6) is 11.5 Å². The second kappa shape index (κ2) is 6.83. The summed E-state index contributed by atoms with van der Waals surface area (Å²) in [4.78, 5) is 0. The van der Waals surface area contributed by atoms with E-state index in [1.165, 1.54) is 5.56 Å². The Kier molecular flexibility index (Phi) is 4.41. The van der Waals surface area contributed by atoms with E-state index in [4.69, 9.17) is 9.47 Å². The average Bonchev–Trinajstić information content (AvgIpc) is 3.29. The second-order valence-corrected chi connectivity index (χ2v) is 6.63. The van der Waals surface area contributed by atoms with Crippen LogP contribution in [0.2, 0.25) is 0 Å². The van der Waals surface area contributed by atoms with E-state index in [0.717, 1.165) is 42.7 Å². The van der Waals surface area contributed by atoms with Crippen LogP contribution in [0.4, 0.5) is 0 Å². The summed E-state index contributed by atoms with van der Waals surface area (Å²) in [6.07, 6.45) is 3.77. The van der Waals surface area contributed by atoms with Gasteiger partial charge in [-0.1, -0.05) is 36.4 Å². The van der Waals surface area contributed by atoms with Crippen LogP contribution in [0, 0.1) is 0 Å². The topological polar surface area (TPSA) is 50.7 Å². The summed E-state index contributed by atoms with van der Waals surface area (Å²) in [5.74, 6) is 1.48. The van der Waals surface area contributed by atoms with Gasteiger partial charge in [-0.3, -0.25) is 0 Å². The summed E-state index contributed by atoms with van der Waals surface area (Å²) in [5.41, 5.74) is 2.26. The molecule has 0 spiro atoms. The van der Waals surface area contributed by atoms with E-state index in [2.05, 4.69) is 35.6 Å². The molecular weight excluding hydrogens is 302 g/mol. The van der Waals surface area contributed by atoms with Gasteiger partial charge < -0.3 is 19.9 Å². The molecule has 0 amide bonds. The molecule has 24 heavy (non-hydrogen) atoms. The summed E-state index contributed by atoms with van der Waals surface area (Å²) in [5, 5.41) is 14.3. The van der Waals surface area contributed by atoms with Crippen LogP contribution in [0.25, 0.3) is 0 Å². The molecular formula is C20H23NO3. The van der Waals surface area contributed by atoms with Gasteiger partial charge in [-0.25, -0.2) is 0 Å². The molecule has 2 aliphatic heterocycles. The van der Waals surface area contributed by atoms with Gasteiger partial charge in [-0.15, -0.1) is 0 Å². The number of nitrogens with one attached hydrogen (secondary N) is 1. The Morgan fingerprint density at radius 2 is 1.88 bits per heavy atom. The summed E-state index contributed by atoms with van der Waals surface area (Å²) in [6.45, 7) is 0.262. The molecule has 1 fully saturated rings. The molecule has 2 aromatic carbocycles. The molecule has 0 aliphatic carbocycles. The van der Waals surface area contributed by atoms with Crippen molar-refractivity contribution in [2.45, 2.75) is 43.9 Å². The van der Waals surface area contributed by atoms with E-state index in [0.29, 0.717) is 6.04 Å². The maximum Gasteiger partial charge on any atom is 0.231 e. The van der Waals surface area contributed by atoms with Crippen molar-refractivity contribution in [3.8, 4) is 11.5 Å². The molecule has 2 aromatic rings. The molecule has 0 aromatic heterocycles. The summed E-state index contributed by atoms with van der Waals surface area (Å²) in [6, 6.07) is 16.8. The van der Waals surface area contributed by atoms with Crippen molar-refractivity contribution in [2.24, 2.45) is 0 Å². The van der Waals surface area contributed by atoms with Crippen LogP contribution >= 0.6 is 0 Å². The largest absolute Gasteiger partial charge is 0.454 e. The fourth-order valence-corrected chi connectivity index (χ4v) is 3.64. The monoisotopic (exact) mass is 325 g/mol. The molecule has 0 radical (unpaired) electrons. The number of fused-ring (bicyclic) bond motifs is 1. The highest BCUT2D eigenvalue weighted by Gasteiger charge is 2.30. The van der Waals surface area contributed by atoms with Crippen LogP contribution in [0.3, 0.4) is 0 Å². The fourth-order valence-electron chi connectivity index (χ4n) is 3.64. The van der Waals surface area contributed by atoms with Crippen molar-refractivity contribution in [3.05, 3.63) is 59.7 Å². The summed E-state index contributed by atoms with van der Waals surface area (Å²) >= 11 is 0. The Hall–Kier alpha value is -2.04. The minimum Gasteiger partial charge on any atom is -0.454 e. The first kappa shape index (κ1) is 15.5. The lowest BCUT2D eigenvalue weighted by atomic mass is 10.0. The molecule has 3 atom stereocenters. The third-order valence-corrected chi connectivity index (χ3v) is 5.02. The maximum atomic E-state index is 10.7. The van der Waals surface area contributed by atoms with Crippen LogP contribution in [0.15, 0.2) is 48.5 Å². The van der Waals surface area contributed by atoms with Gasteiger partial charge in [-0.05, 0) is 48.9 Å². The highest BCUT2D eigenvalue weighted by atomic mass is 16.7. The van der Waals surface area contributed by atoms with E-state index in [1.54, 1.807) is 0 Å². The molecule has 2 aliphatic rings. The number of hydrogen-bond donors (Lipinski definition) is 2. The Bertz CT molecular complexity index is 689. The smallest absolute Gasteiger partial charge is 0.231 e. The first-order chi connectivity index (χ1) is 11.8. The number of aliphatic hydroxyl groups is 1. The number of hydrogen-bond acceptors (Lipinski definition) is 4. The van der Waals surface area contributed by atoms with Crippen LogP contribution in [-0.2, 0) is 6.42 Å². The third kappa shape index (κ3) is 3.25. The first-order valence-corrected chi connectivity index (χ1v) is 8.67. The lowest BCUT2D eigenvalue weighted by Gasteiger charge is -2.20.